The Morgan fingerprint density at radius 2 is 1.79 bits per heavy atom. The number of carbonyl (C=O) groups is 3. The minimum Gasteiger partial charge on any atom is -0.456 e. The van der Waals surface area contributed by atoms with Gasteiger partial charge in [0.1, 0.15) is 0 Å². The predicted octanol–water partition coefficient (Wildman–Crippen LogP) is 0.842. The number of aromatic nitrogens is 2. The zero-order valence-corrected chi connectivity index (χ0v) is 17.9. The van der Waals surface area contributed by atoms with Gasteiger partial charge in [0.25, 0.3) is 11.4 Å². The van der Waals surface area contributed by atoms with E-state index < -0.39 is 59.6 Å². The summed E-state index contributed by atoms with van der Waals surface area (Å²) in [4.78, 5) is 61.7. The summed E-state index contributed by atoms with van der Waals surface area (Å²) < 4.78 is 37.8. The van der Waals surface area contributed by atoms with Gasteiger partial charge in [0.05, 0.1) is 5.56 Å². The molecule has 2 aromatic rings. The van der Waals surface area contributed by atoms with Crippen molar-refractivity contribution in [2.75, 3.05) is 6.61 Å². The van der Waals surface area contributed by atoms with Crippen molar-refractivity contribution in [2.45, 2.75) is 44.6 Å². The fourth-order valence-corrected chi connectivity index (χ4v) is 3.58. The van der Waals surface area contributed by atoms with Crippen LogP contribution in [-0.4, -0.2) is 51.6 Å². The van der Waals surface area contributed by atoms with Gasteiger partial charge in [-0.25, -0.2) is 14.0 Å². The summed E-state index contributed by atoms with van der Waals surface area (Å²) in [5.41, 5.74) is -3.70. The lowest BCUT2D eigenvalue weighted by Crippen LogP contribution is -2.54. The normalized spacial score (nSPS) is 26.4. The molecule has 33 heavy (non-hydrogen) atoms. The second-order valence-electron chi connectivity index (χ2n) is 7.48. The topological polar surface area (TPSA) is 143 Å². The van der Waals surface area contributed by atoms with Gasteiger partial charge in [0.15, 0.2) is 18.4 Å². The molecule has 1 fully saturated rings. The van der Waals surface area contributed by atoms with Gasteiger partial charge in [0.2, 0.25) is 6.10 Å². The van der Waals surface area contributed by atoms with Crippen LogP contribution >= 0.6 is 0 Å². The van der Waals surface area contributed by atoms with E-state index in [1.165, 1.54) is 19.1 Å². The number of hydrogen-bond acceptors (Lipinski definition) is 9. The molecule has 1 saturated heterocycles. The van der Waals surface area contributed by atoms with Crippen molar-refractivity contribution in [3.8, 4) is 0 Å². The van der Waals surface area contributed by atoms with E-state index in [9.17, 15) is 24.0 Å². The number of hydrogen-bond donors (Lipinski definition) is 1. The maximum absolute atomic E-state index is 16.2. The van der Waals surface area contributed by atoms with Crippen molar-refractivity contribution in [3.63, 3.8) is 0 Å². The Labute approximate surface area is 186 Å². The molecule has 0 radical (unpaired) electrons. The van der Waals surface area contributed by atoms with Gasteiger partial charge in [-0.1, -0.05) is 18.2 Å². The molecule has 0 saturated carbocycles. The van der Waals surface area contributed by atoms with E-state index in [2.05, 4.69) is 0 Å². The Hall–Kier alpha value is -3.80. The first-order chi connectivity index (χ1) is 15.5. The van der Waals surface area contributed by atoms with Crippen LogP contribution in [0.1, 0.15) is 37.4 Å². The molecule has 0 amide bonds. The molecule has 2 heterocycles. The molecule has 4 atom stereocenters. The molecule has 0 aliphatic carbocycles. The molecule has 1 aliphatic heterocycles. The zero-order valence-electron chi connectivity index (χ0n) is 17.9. The smallest absolute Gasteiger partial charge is 0.338 e. The zero-order chi connectivity index (χ0) is 24.4. The van der Waals surface area contributed by atoms with Gasteiger partial charge in [-0.3, -0.25) is 23.9 Å². The van der Waals surface area contributed by atoms with Crippen molar-refractivity contribution >= 4 is 17.9 Å². The van der Waals surface area contributed by atoms with Crippen molar-refractivity contribution < 1.29 is 37.7 Å². The highest BCUT2D eigenvalue weighted by Gasteiger charge is 2.69. The van der Waals surface area contributed by atoms with Crippen LogP contribution in [0.2, 0.25) is 0 Å². The standard InChI is InChI=1S/C21H21FN2O9/c1-12(25)31-17-20(3,32-13(2)26)18(24-10-9-15(27)23-19(24)29)33-21(17,22)11-30-16(28)14-7-5-4-6-8-14/h4-10,17-18H,11H2,1-3H3,(H,23,27,29)/t17-,18+,20+,21+/m0/s1. The number of esters is 3. The lowest BCUT2D eigenvalue weighted by atomic mass is 9.94. The van der Waals surface area contributed by atoms with Gasteiger partial charge in [-0.2, -0.15) is 0 Å². The van der Waals surface area contributed by atoms with Gasteiger partial charge in [-0.15, -0.1) is 0 Å². The molecule has 11 nitrogen and oxygen atoms in total. The summed E-state index contributed by atoms with van der Waals surface area (Å²) in [5, 5.41) is 0. The number of benzene rings is 1. The first-order valence-electron chi connectivity index (χ1n) is 9.73. The lowest BCUT2D eigenvalue weighted by molar-refractivity contribution is -0.217. The number of alkyl halides is 1. The number of aromatic amines is 1. The fourth-order valence-electron chi connectivity index (χ4n) is 3.58. The van der Waals surface area contributed by atoms with E-state index in [4.69, 9.17) is 18.9 Å². The summed E-state index contributed by atoms with van der Waals surface area (Å²) in [7, 11) is 0. The van der Waals surface area contributed by atoms with Crippen LogP contribution in [0.5, 0.6) is 0 Å². The Morgan fingerprint density at radius 3 is 2.36 bits per heavy atom. The molecule has 12 heteroatoms. The van der Waals surface area contributed by atoms with Gasteiger partial charge in [0, 0.05) is 26.1 Å². The lowest BCUT2D eigenvalue weighted by Gasteiger charge is -2.34. The van der Waals surface area contributed by atoms with Crippen LogP contribution in [0.15, 0.2) is 52.2 Å². The molecule has 176 valence electrons. The quantitative estimate of drug-likeness (QED) is 0.486. The van der Waals surface area contributed by atoms with Crippen molar-refractivity contribution in [2.24, 2.45) is 0 Å². The summed E-state index contributed by atoms with van der Waals surface area (Å²) in [6.45, 7) is 2.13. The van der Waals surface area contributed by atoms with Crippen LogP contribution in [-0.2, 0) is 28.5 Å². The Kier molecular flexibility index (Phi) is 6.49. The monoisotopic (exact) mass is 464 g/mol. The number of rotatable bonds is 6. The first-order valence-corrected chi connectivity index (χ1v) is 9.73. The van der Waals surface area contributed by atoms with Crippen molar-refractivity contribution in [3.05, 3.63) is 69.0 Å². The molecule has 1 aromatic carbocycles. The number of H-pyrrole nitrogens is 1. The molecule has 0 bridgehead atoms. The van der Waals surface area contributed by atoms with Crippen molar-refractivity contribution in [1.29, 1.82) is 0 Å². The van der Waals surface area contributed by atoms with E-state index in [1.54, 1.807) is 18.2 Å². The second kappa shape index (κ2) is 8.98. The third-order valence-corrected chi connectivity index (χ3v) is 4.87. The number of carbonyl (C=O) groups excluding carboxylic acids is 3. The average molecular weight is 464 g/mol. The Morgan fingerprint density at radius 1 is 1.12 bits per heavy atom. The fraction of sp³-hybridized carbons (Fsp3) is 0.381. The van der Waals surface area contributed by atoms with E-state index in [1.807, 2.05) is 4.98 Å². The van der Waals surface area contributed by atoms with Crippen LogP contribution in [0.3, 0.4) is 0 Å². The molecule has 1 N–H and O–H groups in total. The number of halogens is 1. The minimum atomic E-state index is -3.03. The Balaban J connectivity index is 2.03. The van der Waals surface area contributed by atoms with Crippen LogP contribution in [0.4, 0.5) is 4.39 Å². The summed E-state index contributed by atoms with van der Waals surface area (Å²) in [5.74, 6) is -5.77. The molecule has 0 spiro atoms. The molecule has 1 aliphatic rings. The summed E-state index contributed by atoms with van der Waals surface area (Å²) in [6, 6.07) is 8.67. The second-order valence-corrected chi connectivity index (χ2v) is 7.48. The number of ether oxygens (including phenoxy) is 4. The van der Waals surface area contributed by atoms with Crippen LogP contribution in [0, 0.1) is 0 Å². The molecule has 3 rings (SSSR count). The largest absolute Gasteiger partial charge is 0.456 e. The first kappa shape index (κ1) is 23.9. The number of nitrogens with one attached hydrogen (secondary N) is 1. The van der Waals surface area contributed by atoms with E-state index >= 15 is 4.39 Å². The van der Waals surface area contributed by atoms with Gasteiger partial charge in [-0.05, 0) is 19.1 Å². The van der Waals surface area contributed by atoms with E-state index in [-0.39, 0.29) is 5.56 Å². The van der Waals surface area contributed by atoms with Crippen LogP contribution in [0.25, 0.3) is 0 Å². The molecular formula is C21H21FN2O9. The summed E-state index contributed by atoms with van der Waals surface area (Å²) in [6.07, 6.45) is -2.64. The third kappa shape index (κ3) is 4.85. The van der Waals surface area contributed by atoms with E-state index in [0.29, 0.717) is 0 Å². The highest BCUT2D eigenvalue weighted by atomic mass is 19.2. The highest BCUT2D eigenvalue weighted by Crippen LogP contribution is 2.49. The molecule has 0 unspecified atom stereocenters. The van der Waals surface area contributed by atoms with Gasteiger partial charge < -0.3 is 18.9 Å². The predicted molar refractivity (Wildman–Crippen MR) is 108 cm³/mol. The van der Waals surface area contributed by atoms with Crippen molar-refractivity contribution in [1.82, 2.24) is 9.55 Å². The maximum Gasteiger partial charge on any atom is 0.338 e. The highest BCUT2D eigenvalue weighted by molar-refractivity contribution is 5.89. The average Bonchev–Trinajstić information content (AvgIpc) is 2.94. The number of nitrogens with zero attached hydrogens (tertiary/aromatic N) is 1. The Bertz CT molecular complexity index is 1180. The SMILES string of the molecule is CC(=O)O[C@H]1[C@@](C)(OC(C)=O)[C@H](n2ccc(=O)[nH]c2=O)O[C@]1(F)COC(=O)c1ccccc1. The van der Waals surface area contributed by atoms with E-state index in [0.717, 1.165) is 30.7 Å². The maximum atomic E-state index is 16.2. The summed E-state index contributed by atoms with van der Waals surface area (Å²) >= 11 is 0. The molecular weight excluding hydrogens is 443 g/mol. The van der Waals surface area contributed by atoms with Crippen LogP contribution < -0.4 is 11.2 Å². The minimum absolute atomic E-state index is 0.124. The third-order valence-electron chi connectivity index (χ3n) is 4.87. The van der Waals surface area contributed by atoms with Gasteiger partial charge >= 0.3 is 23.6 Å². The molecule has 1 aromatic heterocycles.